The zero-order valence-electron chi connectivity index (χ0n) is 14.4. The largest absolute Gasteiger partial charge is 0.394 e. The van der Waals surface area contributed by atoms with Gasteiger partial charge in [0.15, 0.2) is 0 Å². The number of hydrogen-bond donors (Lipinski definition) is 2. The van der Waals surface area contributed by atoms with Gasteiger partial charge in [-0.15, -0.1) is 0 Å². The van der Waals surface area contributed by atoms with E-state index in [1.807, 2.05) is 0 Å². The van der Waals surface area contributed by atoms with Gasteiger partial charge in [-0.05, 0) is 54.1 Å². The molecular formula is C16H35N3O. The van der Waals surface area contributed by atoms with E-state index in [9.17, 15) is 5.11 Å². The summed E-state index contributed by atoms with van der Waals surface area (Å²) in [5.41, 5.74) is 0.0713. The van der Waals surface area contributed by atoms with Crippen molar-refractivity contribution in [3.63, 3.8) is 0 Å². The highest BCUT2D eigenvalue weighted by atomic mass is 16.3. The maximum atomic E-state index is 9.71. The zero-order valence-corrected chi connectivity index (χ0v) is 14.4. The fourth-order valence-electron chi connectivity index (χ4n) is 3.05. The molecule has 4 nitrogen and oxygen atoms in total. The molecule has 0 spiro atoms. The van der Waals surface area contributed by atoms with Crippen molar-refractivity contribution < 1.29 is 5.11 Å². The first kappa shape index (κ1) is 17.9. The molecule has 1 saturated heterocycles. The highest BCUT2D eigenvalue weighted by Gasteiger charge is 2.35. The fourth-order valence-corrected chi connectivity index (χ4v) is 3.05. The third-order valence-corrected chi connectivity index (χ3v) is 4.87. The molecule has 0 aromatic heterocycles. The Morgan fingerprint density at radius 3 is 2.50 bits per heavy atom. The van der Waals surface area contributed by atoms with E-state index in [-0.39, 0.29) is 17.7 Å². The van der Waals surface area contributed by atoms with Crippen LogP contribution in [0.3, 0.4) is 0 Å². The van der Waals surface area contributed by atoms with Gasteiger partial charge in [-0.1, -0.05) is 6.92 Å². The van der Waals surface area contributed by atoms with Crippen LogP contribution >= 0.6 is 0 Å². The van der Waals surface area contributed by atoms with Crippen molar-refractivity contribution in [2.24, 2.45) is 0 Å². The zero-order chi connectivity index (χ0) is 15.4. The van der Waals surface area contributed by atoms with E-state index in [0.29, 0.717) is 6.04 Å². The van der Waals surface area contributed by atoms with E-state index in [1.54, 1.807) is 0 Å². The van der Waals surface area contributed by atoms with Crippen molar-refractivity contribution in [3.05, 3.63) is 0 Å². The fraction of sp³-hybridized carbons (Fsp3) is 1.00. The van der Waals surface area contributed by atoms with Crippen LogP contribution in [0.5, 0.6) is 0 Å². The van der Waals surface area contributed by atoms with E-state index in [0.717, 1.165) is 39.0 Å². The summed E-state index contributed by atoms with van der Waals surface area (Å²) in [4.78, 5) is 5.01. The molecule has 0 amide bonds. The van der Waals surface area contributed by atoms with Crippen molar-refractivity contribution in [1.82, 2.24) is 15.1 Å². The summed E-state index contributed by atoms with van der Waals surface area (Å²) >= 11 is 0. The Balaban J connectivity index is 2.59. The molecule has 1 aliphatic heterocycles. The van der Waals surface area contributed by atoms with Crippen molar-refractivity contribution in [1.29, 1.82) is 0 Å². The number of likely N-dealkylation sites (N-methyl/N-ethyl adjacent to an activating group) is 1. The Bertz CT molecular complexity index is 295. The molecule has 0 aromatic carbocycles. The molecule has 0 bridgehead atoms. The molecule has 2 unspecified atom stereocenters. The van der Waals surface area contributed by atoms with E-state index in [1.165, 1.54) is 0 Å². The molecule has 0 aromatic rings. The van der Waals surface area contributed by atoms with E-state index < -0.39 is 0 Å². The Morgan fingerprint density at radius 1 is 1.35 bits per heavy atom. The monoisotopic (exact) mass is 285 g/mol. The van der Waals surface area contributed by atoms with Crippen LogP contribution in [0.2, 0.25) is 0 Å². The van der Waals surface area contributed by atoms with Crippen molar-refractivity contribution in [2.45, 2.75) is 64.6 Å². The van der Waals surface area contributed by atoms with Crippen LogP contribution in [-0.4, -0.2) is 71.9 Å². The summed E-state index contributed by atoms with van der Waals surface area (Å²) in [5.74, 6) is 0. The van der Waals surface area contributed by atoms with Gasteiger partial charge in [0.1, 0.15) is 0 Å². The molecule has 20 heavy (non-hydrogen) atoms. The average molecular weight is 285 g/mol. The first-order chi connectivity index (χ1) is 9.24. The molecule has 1 rings (SSSR count). The lowest BCUT2D eigenvalue weighted by atomic mass is 9.91. The number of aliphatic hydroxyl groups excluding tert-OH is 1. The van der Waals surface area contributed by atoms with Gasteiger partial charge in [0.2, 0.25) is 0 Å². The lowest BCUT2D eigenvalue weighted by molar-refractivity contribution is 0.00895. The molecule has 2 N–H and O–H groups in total. The quantitative estimate of drug-likeness (QED) is 0.744. The van der Waals surface area contributed by atoms with Gasteiger partial charge >= 0.3 is 0 Å². The van der Waals surface area contributed by atoms with Crippen LogP contribution in [0.1, 0.15) is 47.5 Å². The van der Waals surface area contributed by atoms with Gasteiger partial charge in [-0.3, -0.25) is 9.80 Å². The predicted molar refractivity (Wildman–Crippen MR) is 86.1 cm³/mol. The highest BCUT2D eigenvalue weighted by Crippen LogP contribution is 2.24. The van der Waals surface area contributed by atoms with Crippen LogP contribution in [0, 0.1) is 0 Å². The topological polar surface area (TPSA) is 38.7 Å². The second-order valence-electron chi connectivity index (χ2n) is 7.40. The normalized spacial score (nSPS) is 25.4. The van der Waals surface area contributed by atoms with Crippen LogP contribution < -0.4 is 5.32 Å². The number of nitrogens with zero attached hydrogens (tertiary/aromatic N) is 2. The predicted octanol–water partition coefficient (Wildman–Crippen LogP) is 1.54. The van der Waals surface area contributed by atoms with Crippen molar-refractivity contribution in [3.8, 4) is 0 Å². The van der Waals surface area contributed by atoms with E-state index >= 15 is 0 Å². The number of aliphatic hydroxyl groups is 1. The molecule has 120 valence electrons. The minimum absolute atomic E-state index is 0.164. The standard InChI is InChI=1S/C16H35N3O/c1-7-8-17-16(5,13-20)11-14(2)19-10-9-18(6)15(3,4)12-19/h14,17,20H,7-13H2,1-6H3. The summed E-state index contributed by atoms with van der Waals surface area (Å²) in [6, 6.07) is 0.490. The number of nitrogens with one attached hydrogen (secondary N) is 1. The van der Waals surface area contributed by atoms with E-state index in [2.05, 4.69) is 56.8 Å². The van der Waals surface area contributed by atoms with Gasteiger partial charge in [-0.25, -0.2) is 0 Å². The Labute approximate surface area is 125 Å². The van der Waals surface area contributed by atoms with E-state index in [4.69, 9.17) is 0 Å². The van der Waals surface area contributed by atoms with Crippen LogP contribution in [0.25, 0.3) is 0 Å². The second-order valence-corrected chi connectivity index (χ2v) is 7.40. The molecule has 0 radical (unpaired) electrons. The molecule has 0 saturated carbocycles. The molecular weight excluding hydrogens is 250 g/mol. The lowest BCUT2D eigenvalue weighted by Crippen LogP contribution is -2.61. The Hall–Kier alpha value is -0.160. The molecule has 1 heterocycles. The Kier molecular flexibility index (Phi) is 6.45. The van der Waals surface area contributed by atoms with Crippen LogP contribution in [-0.2, 0) is 0 Å². The summed E-state index contributed by atoms with van der Waals surface area (Å²) < 4.78 is 0. The summed E-state index contributed by atoms with van der Waals surface area (Å²) in [6.07, 6.45) is 2.09. The van der Waals surface area contributed by atoms with Gasteiger partial charge < -0.3 is 10.4 Å². The number of hydrogen-bond acceptors (Lipinski definition) is 4. The summed E-state index contributed by atoms with van der Waals surface area (Å²) in [6.45, 7) is 15.7. The lowest BCUT2D eigenvalue weighted by Gasteiger charge is -2.48. The SMILES string of the molecule is CCCNC(C)(CO)CC(C)N1CCN(C)C(C)(C)C1. The average Bonchev–Trinajstić information content (AvgIpc) is 2.39. The molecule has 2 atom stereocenters. The summed E-state index contributed by atoms with van der Waals surface area (Å²) in [5, 5.41) is 13.2. The van der Waals surface area contributed by atoms with Gasteiger partial charge in [0.25, 0.3) is 0 Å². The Morgan fingerprint density at radius 2 is 2.00 bits per heavy atom. The maximum Gasteiger partial charge on any atom is 0.0611 e. The van der Waals surface area contributed by atoms with Gasteiger partial charge in [-0.2, -0.15) is 0 Å². The minimum Gasteiger partial charge on any atom is -0.394 e. The molecule has 0 aliphatic carbocycles. The van der Waals surface area contributed by atoms with Crippen LogP contribution in [0.4, 0.5) is 0 Å². The second kappa shape index (κ2) is 7.21. The van der Waals surface area contributed by atoms with Crippen LogP contribution in [0.15, 0.2) is 0 Å². The molecule has 4 heteroatoms. The third kappa shape index (κ3) is 4.69. The highest BCUT2D eigenvalue weighted by molar-refractivity contribution is 4.93. The smallest absolute Gasteiger partial charge is 0.0611 e. The molecule has 1 aliphatic rings. The number of piperazine rings is 1. The minimum atomic E-state index is -0.164. The third-order valence-electron chi connectivity index (χ3n) is 4.87. The van der Waals surface area contributed by atoms with Gasteiger partial charge in [0.05, 0.1) is 6.61 Å². The molecule has 1 fully saturated rings. The first-order valence-corrected chi connectivity index (χ1v) is 8.05. The van der Waals surface area contributed by atoms with Crippen molar-refractivity contribution >= 4 is 0 Å². The maximum absolute atomic E-state index is 9.71. The van der Waals surface area contributed by atoms with Gasteiger partial charge in [0, 0.05) is 36.8 Å². The van der Waals surface area contributed by atoms with Crippen molar-refractivity contribution in [2.75, 3.05) is 39.8 Å². The first-order valence-electron chi connectivity index (χ1n) is 8.05. The number of rotatable bonds is 7. The summed E-state index contributed by atoms with van der Waals surface area (Å²) in [7, 11) is 2.21.